The number of fused-ring (bicyclic) bond motifs is 1. The van der Waals surface area contributed by atoms with Crippen LogP contribution in [0.5, 0.6) is 0 Å². The minimum absolute atomic E-state index is 0.0243. The predicted octanol–water partition coefficient (Wildman–Crippen LogP) is 2.41. The molecule has 0 aromatic carbocycles. The average molecular weight is 422 g/mol. The lowest BCUT2D eigenvalue weighted by Gasteiger charge is -2.46. The zero-order valence-electron chi connectivity index (χ0n) is 16.5. The second-order valence-corrected chi connectivity index (χ2v) is 8.42. The molecule has 2 aliphatic rings. The molecule has 2 N–H and O–H groups in total. The van der Waals surface area contributed by atoms with Gasteiger partial charge in [-0.05, 0) is 24.6 Å². The Hall–Kier alpha value is -2.88. The summed E-state index contributed by atoms with van der Waals surface area (Å²) in [4.78, 5) is 31.0. The van der Waals surface area contributed by atoms with Crippen LogP contribution >= 0.6 is 0 Å². The minimum atomic E-state index is -4.54. The number of Topliss-reactive ketones (excluding diaryl/α,β-unsaturated/α-hetero) is 1. The molecule has 1 amide bonds. The van der Waals surface area contributed by atoms with E-state index in [1.54, 1.807) is 19.9 Å². The molecule has 1 aliphatic heterocycles. The topological polar surface area (TPSA) is 89.9 Å². The smallest absolute Gasteiger partial charge is 0.396 e. The first kappa shape index (κ1) is 20.4. The quantitative estimate of drug-likeness (QED) is 0.762. The van der Waals surface area contributed by atoms with E-state index in [0.29, 0.717) is 6.42 Å². The highest BCUT2D eigenvalue weighted by Crippen LogP contribution is 2.40. The van der Waals surface area contributed by atoms with Crippen molar-refractivity contribution >= 4 is 17.3 Å². The molecule has 10 heteroatoms. The highest BCUT2D eigenvalue weighted by molar-refractivity contribution is 6.00. The van der Waals surface area contributed by atoms with Crippen LogP contribution in [0.1, 0.15) is 36.3 Å². The van der Waals surface area contributed by atoms with Crippen molar-refractivity contribution in [3.63, 3.8) is 0 Å². The number of ketones is 1. The van der Waals surface area contributed by atoms with Crippen molar-refractivity contribution in [2.24, 2.45) is 11.1 Å². The maximum Gasteiger partial charge on any atom is 0.417 e. The second kappa shape index (κ2) is 6.56. The number of aromatic nitrogens is 2. The number of nitrogens with two attached hydrogens (primary N) is 1. The zero-order chi connectivity index (χ0) is 21.9. The van der Waals surface area contributed by atoms with E-state index < -0.39 is 28.7 Å². The van der Waals surface area contributed by atoms with Gasteiger partial charge in [0.2, 0.25) is 0 Å². The summed E-state index contributed by atoms with van der Waals surface area (Å²) in [7, 11) is 0. The highest BCUT2D eigenvalue weighted by atomic mass is 19.4. The molecule has 3 heterocycles. The van der Waals surface area contributed by atoms with Crippen molar-refractivity contribution in [3.8, 4) is 0 Å². The number of alkyl halides is 3. The highest BCUT2D eigenvalue weighted by Gasteiger charge is 2.48. The standard InChI is InChI=1S/C20H21F3N4O3/c1-18(2)10-19(7-13(24)16(18)28)11-26(5-6-30-19)17(29)14-8-25-15-4-3-12(9-27(14)15)20(21,22)23/h3-4,7-9H,5-6,10-11,24H2,1-2H3. The second-order valence-electron chi connectivity index (χ2n) is 8.42. The molecule has 4 rings (SSSR count). The fraction of sp³-hybridized carbons (Fsp3) is 0.450. The lowest BCUT2D eigenvalue weighted by Crippen LogP contribution is -2.57. The third-order valence-electron chi connectivity index (χ3n) is 5.59. The zero-order valence-corrected chi connectivity index (χ0v) is 16.5. The first-order valence-electron chi connectivity index (χ1n) is 9.43. The lowest BCUT2D eigenvalue weighted by molar-refractivity contribution is -0.138. The summed E-state index contributed by atoms with van der Waals surface area (Å²) in [5.41, 5.74) is 3.72. The molecule has 1 spiro atoms. The third-order valence-corrected chi connectivity index (χ3v) is 5.59. The Labute approximate surface area is 170 Å². The Morgan fingerprint density at radius 2 is 2.03 bits per heavy atom. The molecule has 2 aromatic heterocycles. The number of carbonyl (C=O) groups is 2. The lowest BCUT2D eigenvalue weighted by atomic mass is 9.71. The summed E-state index contributed by atoms with van der Waals surface area (Å²) in [6.45, 7) is 4.14. The molecule has 7 nitrogen and oxygen atoms in total. The number of ether oxygens (including phenoxy) is 1. The van der Waals surface area contributed by atoms with Crippen LogP contribution in [0, 0.1) is 5.41 Å². The van der Waals surface area contributed by atoms with Gasteiger partial charge in [0.15, 0.2) is 5.78 Å². The van der Waals surface area contributed by atoms with Crippen LogP contribution in [-0.2, 0) is 15.7 Å². The predicted molar refractivity (Wildman–Crippen MR) is 100 cm³/mol. The number of rotatable bonds is 1. The van der Waals surface area contributed by atoms with Gasteiger partial charge in [-0.1, -0.05) is 13.8 Å². The van der Waals surface area contributed by atoms with Crippen LogP contribution in [0.25, 0.3) is 5.65 Å². The number of hydrogen-bond donors (Lipinski definition) is 1. The van der Waals surface area contributed by atoms with E-state index >= 15 is 0 Å². The molecule has 1 saturated heterocycles. The van der Waals surface area contributed by atoms with Crippen molar-refractivity contribution in [2.75, 3.05) is 19.7 Å². The summed E-state index contributed by atoms with van der Waals surface area (Å²) in [5.74, 6) is -0.646. The SMILES string of the molecule is CC1(C)CC2(C=C(N)C1=O)CN(C(=O)c1cnc3ccc(C(F)(F)F)cn13)CCO2. The maximum atomic E-state index is 13.2. The molecule has 160 valence electrons. The summed E-state index contributed by atoms with van der Waals surface area (Å²) >= 11 is 0. The van der Waals surface area contributed by atoms with Gasteiger partial charge in [0.25, 0.3) is 5.91 Å². The maximum absolute atomic E-state index is 13.2. The van der Waals surface area contributed by atoms with Crippen LogP contribution in [0.2, 0.25) is 0 Å². The first-order valence-corrected chi connectivity index (χ1v) is 9.43. The molecule has 0 saturated carbocycles. The molecule has 1 aliphatic carbocycles. The molecule has 1 unspecified atom stereocenters. The Bertz CT molecular complexity index is 1070. The average Bonchev–Trinajstić information content (AvgIpc) is 3.08. The van der Waals surface area contributed by atoms with Crippen molar-refractivity contribution in [3.05, 3.63) is 47.6 Å². The number of hydrogen-bond acceptors (Lipinski definition) is 5. The van der Waals surface area contributed by atoms with Gasteiger partial charge in [0, 0.05) is 18.2 Å². The van der Waals surface area contributed by atoms with E-state index in [-0.39, 0.29) is 42.5 Å². The van der Waals surface area contributed by atoms with Gasteiger partial charge in [-0.2, -0.15) is 13.2 Å². The summed E-state index contributed by atoms with van der Waals surface area (Å²) < 4.78 is 46.4. The van der Waals surface area contributed by atoms with E-state index in [9.17, 15) is 22.8 Å². The Kier molecular flexibility index (Phi) is 4.46. The Balaban J connectivity index is 1.67. The molecular formula is C20H21F3N4O3. The van der Waals surface area contributed by atoms with E-state index in [2.05, 4.69) is 4.98 Å². The van der Waals surface area contributed by atoms with Gasteiger partial charge in [0.1, 0.15) is 16.9 Å². The van der Waals surface area contributed by atoms with Crippen LogP contribution in [0.4, 0.5) is 13.2 Å². The van der Waals surface area contributed by atoms with Crippen molar-refractivity contribution in [2.45, 2.75) is 32.0 Å². The van der Waals surface area contributed by atoms with Gasteiger partial charge in [0.05, 0.1) is 30.6 Å². The molecule has 30 heavy (non-hydrogen) atoms. The molecule has 0 radical (unpaired) electrons. The van der Waals surface area contributed by atoms with Crippen molar-refractivity contribution < 1.29 is 27.5 Å². The molecular weight excluding hydrogens is 401 g/mol. The van der Waals surface area contributed by atoms with Crippen LogP contribution in [0.3, 0.4) is 0 Å². The number of pyridine rings is 1. The van der Waals surface area contributed by atoms with Gasteiger partial charge in [-0.15, -0.1) is 0 Å². The summed E-state index contributed by atoms with van der Waals surface area (Å²) in [6, 6.07) is 2.15. The van der Waals surface area contributed by atoms with Crippen LogP contribution in [0.15, 0.2) is 36.3 Å². The monoisotopic (exact) mass is 422 g/mol. The number of imidazole rings is 1. The summed E-state index contributed by atoms with van der Waals surface area (Å²) in [6.07, 6.45) is -0.514. The Morgan fingerprint density at radius 3 is 2.70 bits per heavy atom. The van der Waals surface area contributed by atoms with Crippen molar-refractivity contribution in [1.29, 1.82) is 0 Å². The molecule has 1 fully saturated rings. The molecule has 1 atom stereocenters. The Morgan fingerprint density at radius 1 is 1.30 bits per heavy atom. The number of carbonyl (C=O) groups excluding carboxylic acids is 2. The van der Waals surface area contributed by atoms with E-state index in [1.807, 2.05) is 0 Å². The normalized spacial score (nSPS) is 24.4. The number of nitrogens with zero attached hydrogens (tertiary/aromatic N) is 3. The summed E-state index contributed by atoms with van der Waals surface area (Å²) in [5, 5.41) is 0. The fourth-order valence-corrected chi connectivity index (χ4v) is 4.26. The number of allylic oxidation sites excluding steroid dienone is 1. The van der Waals surface area contributed by atoms with E-state index in [1.165, 1.54) is 17.2 Å². The molecule has 0 bridgehead atoms. The third kappa shape index (κ3) is 3.34. The van der Waals surface area contributed by atoms with E-state index in [0.717, 1.165) is 16.7 Å². The largest absolute Gasteiger partial charge is 0.417 e. The van der Waals surface area contributed by atoms with E-state index in [4.69, 9.17) is 10.5 Å². The number of amides is 1. The van der Waals surface area contributed by atoms with Gasteiger partial charge >= 0.3 is 6.18 Å². The fourth-order valence-electron chi connectivity index (χ4n) is 4.26. The van der Waals surface area contributed by atoms with Crippen LogP contribution < -0.4 is 5.73 Å². The number of morpholine rings is 1. The van der Waals surface area contributed by atoms with Crippen molar-refractivity contribution in [1.82, 2.24) is 14.3 Å². The molecule has 2 aromatic rings. The van der Waals surface area contributed by atoms with Crippen LogP contribution in [-0.4, -0.2) is 51.3 Å². The minimum Gasteiger partial charge on any atom is -0.396 e. The van der Waals surface area contributed by atoms with Gasteiger partial charge in [-0.25, -0.2) is 4.98 Å². The van der Waals surface area contributed by atoms with Gasteiger partial charge < -0.3 is 15.4 Å². The first-order chi connectivity index (χ1) is 13.9. The number of halogens is 3. The van der Waals surface area contributed by atoms with Gasteiger partial charge in [-0.3, -0.25) is 14.0 Å².